The number of carbonyl (C=O) groups is 1. The predicted octanol–water partition coefficient (Wildman–Crippen LogP) is -0.0173. The van der Waals surface area contributed by atoms with E-state index < -0.39 is 5.60 Å². The van der Waals surface area contributed by atoms with Crippen LogP contribution in [0, 0.1) is 0 Å². The minimum absolute atomic E-state index is 0.117. The highest BCUT2D eigenvalue weighted by atomic mass is 16.5. The number of rotatable bonds is 5. The van der Waals surface area contributed by atoms with E-state index in [1.807, 2.05) is 25.9 Å². The van der Waals surface area contributed by atoms with E-state index in [1.165, 1.54) is 0 Å². The molecular weight excluding hydrogens is 220 g/mol. The molecule has 0 saturated carbocycles. The molecule has 0 spiro atoms. The van der Waals surface area contributed by atoms with E-state index in [4.69, 9.17) is 4.74 Å². The Kier molecular flexibility index (Phi) is 4.91. The third kappa shape index (κ3) is 5.02. The van der Waals surface area contributed by atoms with Crippen molar-refractivity contribution >= 4 is 5.91 Å². The summed E-state index contributed by atoms with van der Waals surface area (Å²) in [5, 5.41) is 12.8. The lowest BCUT2D eigenvalue weighted by Crippen LogP contribution is -2.49. The number of likely N-dealkylation sites (N-methyl/N-ethyl adjacent to an activating group) is 1. The number of nitrogens with zero attached hydrogens (tertiary/aromatic N) is 1. The minimum Gasteiger partial charge on any atom is -0.387 e. The first-order valence-electron chi connectivity index (χ1n) is 6.10. The minimum atomic E-state index is -0.913. The maximum absolute atomic E-state index is 11.8. The molecule has 0 radical (unpaired) electrons. The van der Waals surface area contributed by atoms with Crippen molar-refractivity contribution in [1.29, 1.82) is 0 Å². The number of nitrogens with one attached hydrogen (secondary N) is 1. The fraction of sp³-hybridized carbons (Fsp3) is 0.917. The van der Waals surface area contributed by atoms with Gasteiger partial charge in [0.05, 0.1) is 11.7 Å². The Morgan fingerprint density at radius 1 is 1.53 bits per heavy atom. The standard InChI is InChI=1S/C12H24N2O3/c1-9-5-6-10(17-9)11(15)13-7-12(2,16)8-14(3)4/h9-10,16H,5-8H2,1-4H3,(H,13,15). The van der Waals surface area contributed by atoms with Crippen LogP contribution in [0.1, 0.15) is 26.7 Å². The van der Waals surface area contributed by atoms with Crippen molar-refractivity contribution in [2.24, 2.45) is 0 Å². The maximum atomic E-state index is 11.8. The zero-order valence-corrected chi connectivity index (χ0v) is 11.2. The molecule has 17 heavy (non-hydrogen) atoms. The first kappa shape index (κ1) is 14.4. The lowest BCUT2D eigenvalue weighted by atomic mass is 10.1. The fourth-order valence-electron chi connectivity index (χ4n) is 2.12. The van der Waals surface area contributed by atoms with E-state index in [1.54, 1.807) is 6.92 Å². The zero-order chi connectivity index (χ0) is 13.1. The third-order valence-corrected chi connectivity index (χ3v) is 2.82. The highest BCUT2D eigenvalue weighted by Crippen LogP contribution is 2.19. The largest absolute Gasteiger partial charge is 0.387 e. The molecule has 3 unspecified atom stereocenters. The van der Waals surface area contributed by atoms with Crippen LogP contribution < -0.4 is 5.32 Å². The van der Waals surface area contributed by atoms with Crippen LogP contribution in [0.3, 0.4) is 0 Å². The number of amides is 1. The summed E-state index contributed by atoms with van der Waals surface area (Å²) in [5.74, 6) is -0.117. The topological polar surface area (TPSA) is 61.8 Å². The van der Waals surface area contributed by atoms with E-state index in [2.05, 4.69) is 5.32 Å². The molecule has 1 aliphatic rings. The molecule has 1 saturated heterocycles. The van der Waals surface area contributed by atoms with Crippen LogP contribution in [-0.2, 0) is 9.53 Å². The zero-order valence-electron chi connectivity index (χ0n) is 11.2. The van der Waals surface area contributed by atoms with Crippen molar-refractivity contribution in [1.82, 2.24) is 10.2 Å². The lowest BCUT2D eigenvalue weighted by molar-refractivity contribution is -0.132. The summed E-state index contributed by atoms with van der Waals surface area (Å²) >= 11 is 0. The quantitative estimate of drug-likeness (QED) is 0.713. The predicted molar refractivity (Wildman–Crippen MR) is 65.8 cm³/mol. The van der Waals surface area contributed by atoms with Gasteiger partial charge in [0, 0.05) is 13.1 Å². The monoisotopic (exact) mass is 244 g/mol. The smallest absolute Gasteiger partial charge is 0.249 e. The summed E-state index contributed by atoms with van der Waals surface area (Å²) in [5.41, 5.74) is -0.913. The summed E-state index contributed by atoms with van der Waals surface area (Å²) in [6.07, 6.45) is 1.50. The van der Waals surface area contributed by atoms with Crippen molar-refractivity contribution in [2.75, 3.05) is 27.2 Å². The Labute approximate surface area is 103 Å². The summed E-state index contributed by atoms with van der Waals surface area (Å²) in [7, 11) is 3.77. The molecule has 1 heterocycles. The highest BCUT2D eigenvalue weighted by molar-refractivity contribution is 5.81. The molecular formula is C12H24N2O3. The van der Waals surface area contributed by atoms with Gasteiger partial charge in [-0.3, -0.25) is 4.79 Å². The average molecular weight is 244 g/mol. The van der Waals surface area contributed by atoms with Crippen LogP contribution in [0.25, 0.3) is 0 Å². The second kappa shape index (κ2) is 5.80. The lowest BCUT2D eigenvalue weighted by Gasteiger charge is -2.27. The normalized spacial score (nSPS) is 28.1. The Bertz CT molecular complexity index is 266. The number of hydrogen-bond donors (Lipinski definition) is 2. The second-order valence-corrected chi connectivity index (χ2v) is 5.47. The van der Waals surface area contributed by atoms with Crippen molar-refractivity contribution in [3.8, 4) is 0 Å². The highest BCUT2D eigenvalue weighted by Gasteiger charge is 2.30. The van der Waals surface area contributed by atoms with Gasteiger partial charge in [0.15, 0.2) is 0 Å². The van der Waals surface area contributed by atoms with Crippen LogP contribution in [-0.4, -0.2) is 60.9 Å². The summed E-state index contributed by atoms with van der Waals surface area (Å²) in [6.45, 7) is 4.44. The molecule has 2 N–H and O–H groups in total. The molecule has 0 aromatic heterocycles. The maximum Gasteiger partial charge on any atom is 0.249 e. The molecule has 1 amide bonds. The summed E-state index contributed by atoms with van der Waals surface area (Å²) in [4.78, 5) is 13.7. The number of carbonyl (C=O) groups excluding carboxylic acids is 1. The van der Waals surface area contributed by atoms with Crippen molar-refractivity contribution in [3.63, 3.8) is 0 Å². The summed E-state index contributed by atoms with van der Waals surface area (Å²) in [6, 6.07) is 0. The molecule has 1 aliphatic heterocycles. The van der Waals surface area contributed by atoms with E-state index >= 15 is 0 Å². The molecule has 100 valence electrons. The molecule has 5 nitrogen and oxygen atoms in total. The van der Waals surface area contributed by atoms with Crippen LogP contribution in [0.15, 0.2) is 0 Å². The molecule has 0 aromatic carbocycles. The van der Waals surface area contributed by atoms with Gasteiger partial charge in [0.2, 0.25) is 5.91 Å². The van der Waals surface area contributed by atoms with Crippen molar-refractivity contribution in [3.05, 3.63) is 0 Å². The molecule has 0 bridgehead atoms. The van der Waals surface area contributed by atoms with E-state index in [-0.39, 0.29) is 24.7 Å². The fourth-order valence-corrected chi connectivity index (χ4v) is 2.12. The van der Waals surface area contributed by atoms with Crippen molar-refractivity contribution in [2.45, 2.75) is 44.5 Å². The van der Waals surface area contributed by atoms with E-state index in [0.29, 0.717) is 6.54 Å². The molecule has 0 aromatic rings. The Morgan fingerprint density at radius 3 is 2.65 bits per heavy atom. The first-order valence-corrected chi connectivity index (χ1v) is 6.10. The second-order valence-electron chi connectivity index (χ2n) is 5.47. The van der Waals surface area contributed by atoms with Crippen molar-refractivity contribution < 1.29 is 14.6 Å². The Hall–Kier alpha value is -0.650. The van der Waals surface area contributed by atoms with Crippen LogP contribution in [0.4, 0.5) is 0 Å². The van der Waals surface area contributed by atoms with Gasteiger partial charge in [-0.05, 0) is 40.8 Å². The SMILES string of the molecule is CC1CCC(C(=O)NCC(C)(O)CN(C)C)O1. The van der Waals surface area contributed by atoms with Gasteiger partial charge in [-0.25, -0.2) is 0 Å². The molecule has 1 fully saturated rings. The summed E-state index contributed by atoms with van der Waals surface area (Å²) < 4.78 is 5.47. The molecule has 5 heteroatoms. The van der Waals surface area contributed by atoms with Gasteiger partial charge in [-0.15, -0.1) is 0 Å². The Balaban J connectivity index is 2.32. The molecule has 3 atom stereocenters. The number of ether oxygens (including phenoxy) is 1. The third-order valence-electron chi connectivity index (χ3n) is 2.82. The van der Waals surface area contributed by atoms with Gasteiger partial charge in [0.25, 0.3) is 0 Å². The van der Waals surface area contributed by atoms with E-state index in [0.717, 1.165) is 12.8 Å². The van der Waals surface area contributed by atoms with Crippen LogP contribution in [0.5, 0.6) is 0 Å². The van der Waals surface area contributed by atoms with Crippen LogP contribution >= 0.6 is 0 Å². The Morgan fingerprint density at radius 2 is 2.18 bits per heavy atom. The number of hydrogen-bond acceptors (Lipinski definition) is 4. The molecule has 1 rings (SSSR count). The van der Waals surface area contributed by atoms with Gasteiger partial charge in [0.1, 0.15) is 6.10 Å². The molecule has 0 aliphatic carbocycles. The van der Waals surface area contributed by atoms with Gasteiger partial charge in [-0.1, -0.05) is 0 Å². The van der Waals surface area contributed by atoms with E-state index in [9.17, 15) is 9.90 Å². The van der Waals surface area contributed by atoms with Gasteiger partial charge < -0.3 is 20.1 Å². The van der Waals surface area contributed by atoms with Gasteiger partial charge >= 0.3 is 0 Å². The van der Waals surface area contributed by atoms with Crippen LogP contribution in [0.2, 0.25) is 0 Å². The first-order chi connectivity index (χ1) is 7.80. The van der Waals surface area contributed by atoms with Gasteiger partial charge in [-0.2, -0.15) is 0 Å². The average Bonchev–Trinajstić information content (AvgIpc) is 2.59. The number of aliphatic hydroxyl groups is 1.